The SMILES string of the molecule is C[C@H]1CC[C@@]2(C)CC[C@]3(C)C(=CC(=O)[C@@H]4[C@@]5(C)C(C(=O)O)C[C@H](C(=O)NCCOCCOCCOCCC(=O)O)C(C)(C)[C@@H]5CC[C@]43C)[C@@H]2C1. The topological polar surface area (TPSA) is 148 Å². The fraction of sp³-hybridized carbons (Fsp3) is 0.850. The summed E-state index contributed by atoms with van der Waals surface area (Å²) in [7, 11) is 0. The molecule has 0 radical (unpaired) electrons. The molecule has 10 atom stereocenters. The largest absolute Gasteiger partial charge is 0.481 e. The summed E-state index contributed by atoms with van der Waals surface area (Å²) in [6.07, 6.45) is 9.57. The first-order valence-electron chi connectivity index (χ1n) is 19.1. The Balaban J connectivity index is 1.26. The number of fused-ring (bicyclic) bond motifs is 7. The summed E-state index contributed by atoms with van der Waals surface area (Å²) in [5, 5.41) is 22.5. The smallest absolute Gasteiger partial charge is 0.307 e. The van der Waals surface area contributed by atoms with Crippen LogP contribution in [0.1, 0.15) is 106 Å². The molecule has 0 aliphatic heterocycles. The normalized spacial score (nSPS) is 40.4. The summed E-state index contributed by atoms with van der Waals surface area (Å²) in [4.78, 5) is 52.3. The van der Waals surface area contributed by atoms with Crippen molar-refractivity contribution in [3.63, 3.8) is 0 Å². The number of carbonyl (C=O) groups excluding carboxylic acids is 2. The van der Waals surface area contributed by atoms with E-state index in [0.717, 1.165) is 32.1 Å². The Morgan fingerprint density at radius 2 is 1.46 bits per heavy atom. The number of allylic oxidation sites excluding steroid dienone is 2. The first-order chi connectivity index (χ1) is 23.4. The van der Waals surface area contributed by atoms with Crippen molar-refractivity contribution >= 4 is 23.6 Å². The van der Waals surface area contributed by atoms with Gasteiger partial charge in [-0.05, 0) is 95.9 Å². The molecule has 50 heavy (non-hydrogen) atoms. The van der Waals surface area contributed by atoms with E-state index in [1.807, 2.05) is 6.08 Å². The Labute approximate surface area is 298 Å². The van der Waals surface area contributed by atoms with Crippen molar-refractivity contribution in [2.24, 2.45) is 62.6 Å². The van der Waals surface area contributed by atoms with E-state index in [0.29, 0.717) is 51.4 Å². The number of hydrogen-bond acceptors (Lipinski definition) is 7. The third kappa shape index (κ3) is 6.70. The molecule has 10 nitrogen and oxygen atoms in total. The van der Waals surface area contributed by atoms with Crippen LogP contribution in [-0.4, -0.2) is 80.0 Å². The zero-order valence-electron chi connectivity index (χ0n) is 31.6. The third-order valence-electron chi connectivity index (χ3n) is 15.1. The maximum absolute atomic E-state index is 14.7. The van der Waals surface area contributed by atoms with E-state index < -0.39 is 40.5 Å². The van der Waals surface area contributed by atoms with Crippen LogP contribution in [0.4, 0.5) is 0 Å². The van der Waals surface area contributed by atoms with Crippen molar-refractivity contribution in [1.82, 2.24) is 5.32 Å². The predicted molar refractivity (Wildman–Crippen MR) is 188 cm³/mol. The van der Waals surface area contributed by atoms with Gasteiger partial charge in [-0.25, -0.2) is 0 Å². The number of carbonyl (C=O) groups is 4. The van der Waals surface area contributed by atoms with Crippen LogP contribution < -0.4 is 5.32 Å². The first kappa shape index (κ1) is 38.9. The second kappa shape index (κ2) is 14.6. The minimum absolute atomic E-state index is 0.0410. The van der Waals surface area contributed by atoms with Crippen LogP contribution >= 0.6 is 0 Å². The van der Waals surface area contributed by atoms with Crippen LogP contribution in [0.3, 0.4) is 0 Å². The highest BCUT2D eigenvalue weighted by Gasteiger charge is 2.73. The van der Waals surface area contributed by atoms with Gasteiger partial charge in [-0.15, -0.1) is 0 Å². The van der Waals surface area contributed by atoms with Crippen LogP contribution in [0.2, 0.25) is 0 Å². The number of ketones is 1. The van der Waals surface area contributed by atoms with Gasteiger partial charge in [0.05, 0.1) is 52.0 Å². The van der Waals surface area contributed by atoms with Crippen LogP contribution in [0, 0.1) is 62.6 Å². The molecule has 4 fully saturated rings. The minimum atomic E-state index is -0.907. The second-order valence-electron chi connectivity index (χ2n) is 18.0. The molecule has 3 N–H and O–H groups in total. The zero-order valence-corrected chi connectivity index (χ0v) is 31.6. The zero-order chi connectivity index (χ0) is 36.7. The van der Waals surface area contributed by atoms with Gasteiger partial charge in [0, 0.05) is 18.4 Å². The highest BCUT2D eigenvalue weighted by molar-refractivity contribution is 5.96. The van der Waals surface area contributed by atoms with Crippen molar-refractivity contribution in [3.05, 3.63) is 11.6 Å². The van der Waals surface area contributed by atoms with E-state index in [2.05, 4.69) is 53.8 Å². The molecule has 0 aromatic rings. The highest BCUT2D eigenvalue weighted by Crippen LogP contribution is 2.76. The molecular weight excluding hydrogens is 638 g/mol. The molecule has 10 heteroatoms. The number of carboxylic acid groups (broad SMARTS) is 2. The summed E-state index contributed by atoms with van der Waals surface area (Å²) < 4.78 is 16.3. The van der Waals surface area contributed by atoms with E-state index in [1.54, 1.807) is 0 Å². The standard InChI is InChI=1S/C40H63NO9/c1-25-8-11-37(4)13-14-38(5)27(26(37)22-25)24-30(42)33-39(38,6)12-9-31-36(2,3)28(23-29(35(46)47)40(31,33)7)34(45)41-15-17-49-19-21-50-20-18-48-16-10-32(43)44/h24-26,28-29,31,33H,8-23H2,1-7H3,(H,41,45)(H,43,44)(H,46,47)/t25-,26-,28+,29?,31-,33-,37-,38+,39+,40-/m0/s1. The lowest BCUT2D eigenvalue weighted by Gasteiger charge is -2.71. The van der Waals surface area contributed by atoms with Crippen molar-refractivity contribution < 1.29 is 43.6 Å². The number of hydrogen-bond donors (Lipinski definition) is 3. The number of ether oxygens (including phenoxy) is 3. The van der Waals surface area contributed by atoms with Crippen LogP contribution in [0.5, 0.6) is 0 Å². The molecule has 5 rings (SSSR count). The molecule has 5 aliphatic carbocycles. The quantitative estimate of drug-likeness (QED) is 0.181. The molecule has 0 spiro atoms. The molecule has 1 unspecified atom stereocenters. The lowest BCUT2D eigenvalue weighted by atomic mass is 9.32. The molecule has 0 bridgehead atoms. The fourth-order valence-electron chi connectivity index (χ4n) is 12.1. The van der Waals surface area contributed by atoms with Gasteiger partial charge >= 0.3 is 11.9 Å². The van der Waals surface area contributed by atoms with Crippen molar-refractivity contribution in [3.8, 4) is 0 Å². The predicted octanol–water partition coefficient (Wildman–Crippen LogP) is 6.16. The van der Waals surface area contributed by atoms with Gasteiger partial charge in [-0.3, -0.25) is 19.2 Å². The molecular formula is C40H63NO9. The number of rotatable bonds is 14. The minimum Gasteiger partial charge on any atom is -0.481 e. The number of carboxylic acids is 2. The lowest BCUT2D eigenvalue weighted by Crippen LogP contribution is -2.69. The number of aliphatic carboxylic acids is 2. The second-order valence-corrected chi connectivity index (χ2v) is 18.0. The van der Waals surface area contributed by atoms with Crippen molar-refractivity contribution in [1.29, 1.82) is 0 Å². The van der Waals surface area contributed by atoms with Gasteiger partial charge in [0.25, 0.3) is 0 Å². The maximum atomic E-state index is 14.7. The summed E-state index contributed by atoms with van der Waals surface area (Å²) in [5.74, 6) is -2.64. The average Bonchev–Trinajstić information content (AvgIpc) is 3.02. The maximum Gasteiger partial charge on any atom is 0.307 e. The molecule has 0 heterocycles. The molecule has 0 aromatic heterocycles. The monoisotopic (exact) mass is 701 g/mol. The van der Waals surface area contributed by atoms with Crippen molar-refractivity contribution in [2.45, 2.75) is 106 Å². The van der Waals surface area contributed by atoms with Gasteiger partial charge in [0.15, 0.2) is 5.78 Å². The first-order valence-corrected chi connectivity index (χ1v) is 19.1. The fourth-order valence-corrected chi connectivity index (χ4v) is 12.1. The highest BCUT2D eigenvalue weighted by atomic mass is 16.5. The van der Waals surface area contributed by atoms with Crippen LogP contribution in [-0.2, 0) is 33.4 Å². The number of amides is 1. The molecule has 282 valence electrons. The Morgan fingerprint density at radius 1 is 0.820 bits per heavy atom. The summed E-state index contributed by atoms with van der Waals surface area (Å²) in [6, 6.07) is 0. The Hall–Kier alpha value is -2.30. The summed E-state index contributed by atoms with van der Waals surface area (Å²) in [5.41, 5.74) is -0.246. The Bertz CT molecular complexity index is 1340. The molecule has 5 aliphatic rings. The summed E-state index contributed by atoms with van der Waals surface area (Å²) >= 11 is 0. The Kier molecular flexibility index (Phi) is 11.4. The van der Waals surface area contributed by atoms with E-state index in [4.69, 9.17) is 19.3 Å². The molecule has 0 aromatic carbocycles. The van der Waals surface area contributed by atoms with Gasteiger partial charge in [-0.1, -0.05) is 60.5 Å². The van der Waals surface area contributed by atoms with E-state index in [1.165, 1.54) is 18.4 Å². The average molecular weight is 702 g/mol. The van der Waals surface area contributed by atoms with Gasteiger partial charge in [0.2, 0.25) is 5.91 Å². The van der Waals surface area contributed by atoms with E-state index in [9.17, 15) is 24.3 Å². The van der Waals surface area contributed by atoms with Gasteiger partial charge < -0.3 is 29.7 Å². The van der Waals surface area contributed by atoms with Gasteiger partial charge in [-0.2, -0.15) is 0 Å². The van der Waals surface area contributed by atoms with E-state index in [-0.39, 0.29) is 53.3 Å². The van der Waals surface area contributed by atoms with E-state index >= 15 is 0 Å². The lowest BCUT2D eigenvalue weighted by molar-refractivity contribution is -0.216. The van der Waals surface area contributed by atoms with Crippen molar-refractivity contribution in [2.75, 3.05) is 46.2 Å². The van der Waals surface area contributed by atoms with Crippen LogP contribution in [0.15, 0.2) is 11.6 Å². The molecule has 1 amide bonds. The number of nitrogens with one attached hydrogen (secondary N) is 1. The van der Waals surface area contributed by atoms with Crippen LogP contribution in [0.25, 0.3) is 0 Å². The molecule has 4 saturated carbocycles. The summed E-state index contributed by atoms with van der Waals surface area (Å²) in [6.45, 7) is 17.9. The Morgan fingerprint density at radius 3 is 2.10 bits per heavy atom. The van der Waals surface area contributed by atoms with Gasteiger partial charge in [0.1, 0.15) is 0 Å². The molecule has 0 saturated heterocycles. The third-order valence-corrected chi connectivity index (χ3v) is 15.1.